The molecule has 0 aliphatic heterocycles. The van der Waals surface area contributed by atoms with Gasteiger partial charge in [-0.25, -0.2) is 15.4 Å². The molecule has 1 aromatic rings. The molecule has 1 heterocycles. The van der Waals surface area contributed by atoms with Crippen LogP contribution in [0.25, 0.3) is 0 Å². The summed E-state index contributed by atoms with van der Waals surface area (Å²) in [6.45, 7) is 3.92. The number of aromatic nitrogens is 2. The van der Waals surface area contributed by atoms with E-state index in [4.69, 9.17) is 0 Å². The molecule has 1 saturated carbocycles. The van der Waals surface area contributed by atoms with Crippen LogP contribution in [0.15, 0.2) is 11.2 Å². The SMILES string of the molecule is Cc1cc(C)nc(NN=C2CCCC2)n1. The first kappa shape index (κ1) is 10.1. The van der Waals surface area contributed by atoms with Crippen LogP contribution in [-0.4, -0.2) is 15.7 Å². The van der Waals surface area contributed by atoms with Crippen LogP contribution in [-0.2, 0) is 0 Å². The molecule has 2 rings (SSSR count). The zero-order chi connectivity index (χ0) is 10.7. The minimum absolute atomic E-state index is 0.604. The lowest BCUT2D eigenvalue weighted by Crippen LogP contribution is -2.02. The average Bonchev–Trinajstić information content (AvgIpc) is 2.65. The van der Waals surface area contributed by atoms with Crippen molar-refractivity contribution in [2.45, 2.75) is 39.5 Å². The van der Waals surface area contributed by atoms with Crippen molar-refractivity contribution < 1.29 is 0 Å². The van der Waals surface area contributed by atoms with Crippen molar-refractivity contribution in [2.75, 3.05) is 5.43 Å². The normalized spacial score (nSPS) is 15.5. The summed E-state index contributed by atoms with van der Waals surface area (Å²) in [6.07, 6.45) is 4.73. The van der Waals surface area contributed by atoms with Crippen molar-refractivity contribution in [1.82, 2.24) is 9.97 Å². The molecule has 1 aromatic heterocycles. The molecular weight excluding hydrogens is 188 g/mol. The molecule has 1 aliphatic carbocycles. The molecule has 0 spiro atoms. The molecule has 1 aliphatic rings. The van der Waals surface area contributed by atoms with Crippen LogP contribution in [0.5, 0.6) is 0 Å². The Bertz CT molecular complexity index is 356. The predicted molar refractivity (Wildman–Crippen MR) is 61.0 cm³/mol. The molecule has 4 nitrogen and oxygen atoms in total. The van der Waals surface area contributed by atoms with Crippen LogP contribution in [0.2, 0.25) is 0 Å². The zero-order valence-corrected chi connectivity index (χ0v) is 9.25. The standard InChI is InChI=1S/C11H16N4/c1-8-7-9(2)13-11(12-8)15-14-10-5-3-4-6-10/h7H,3-6H2,1-2H3,(H,12,13,15). The summed E-state index contributed by atoms with van der Waals surface area (Å²) >= 11 is 0. The summed E-state index contributed by atoms with van der Waals surface area (Å²) in [6, 6.07) is 1.95. The second-order valence-electron chi connectivity index (χ2n) is 3.97. The average molecular weight is 204 g/mol. The first-order valence-electron chi connectivity index (χ1n) is 5.38. The fraction of sp³-hybridized carbons (Fsp3) is 0.545. The van der Waals surface area contributed by atoms with Crippen LogP contribution in [0.3, 0.4) is 0 Å². The number of rotatable bonds is 2. The van der Waals surface area contributed by atoms with Gasteiger partial charge in [-0.15, -0.1) is 0 Å². The maximum Gasteiger partial charge on any atom is 0.243 e. The van der Waals surface area contributed by atoms with Gasteiger partial charge in [-0.1, -0.05) is 0 Å². The van der Waals surface area contributed by atoms with Crippen molar-refractivity contribution in [3.05, 3.63) is 17.5 Å². The second kappa shape index (κ2) is 4.38. The highest BCUT2D eigenvalue weighted by Crippen LogP contribution is 2.14. The van der Waals surface area contributed by atoms with Crippen LogP contribution in [0, 0.1) is 13.8 Å². The quantitative estimate of drug-likeness (QED) is 0.753. The van der Waals surface area contributed by atoms with Gasteiger partial charge in [0.05, 0.1) is 0 Å². The molecular formula is C11H16N4. The molecule has 0 aromatic carbocycles. The van der Waals surface area contributed by atoms with Gasteiger partial charge in [-0.05, 0) is 45.6 Å². The second-order valence-corrected chi connectivity index (χ2v) is 3.97. The van der Waals surface area contributed by atoms with Gasteiger partial charge in [0, 0.05) is 17.1 Å². The maximum atomic E-state index is 4.32. The summed E-state index contributed by atoms with van der Waals surface area (Å²) < 4.78 is 0. The Hall–Kier alpha value is -1.45. The third-order valence-electron chi connectivity index (χ3n) is 2.48. The summed E-state index contributed by atoms with van der Waals surface area (Å²) in [5, 5.41) is 4.32. The van der Waals surface area contributed by atoms with Crippen molar-refractivity contribution in [1.29, 1.82) is 0 Å². The van der Waals surface area contributed by atoms with Crippen molar-refractivity contribution in [3.63, 3.8) is 0 Å². The largest absolute Gasteiger partial charge is 0.245 e. The van der Waals surface area contributed by atoms with E-state index in [1.54, 1.807) is 0 Å². The monoisotopic (exact) mass is 204 g/mol. The van der Waals surface area contributed by atoms with Gasteiger partial charge in [-0.3, -0.25) is 0 Å². The van der Waals surface area contributed by atoms with E-state index < -0.39 is 0 Å². The number of anilines is 1. The van der Waals surface area contributed by atoms with Crippen LogP contribution in [0.4, 0.5) is 5.95 Å². The Kier molecular flexibility index (Phi) is 2.94. The molecule has 1 N–H and O–H groups in total. The van der Waals surface area contributed by atoms with Gasteiger partial charge in [0.15, 0.2) is 0 Å². The highest BCUT2D eigenvalue weighted by atomic mass is 15.4. The number of hydrogen-bond acceptors (Lipinski definition) is 4. The van der Waals surface area contributed by atoms with Crippen LogP contribution >= 0.6 is 0 Å². The van der Waals surface area contributed by atoms with Crippen LogP contribution < -0.4 is 5.43 Å². The number of aryl methyl sites for hydroxylation is 2. The van der Waals surface area contributed by atoms with Gasteiger partial charge in [0.1, 0.15) is 0 Å². The third-order valence-corrected chi connectivity index (χ3v) is 2.48. The summed E-state index contributed by atoms with van der Waals surface area (Å²) in [5.41, 5.74) is 6.11. The molecule has 0 saturated heterocycles. The van der Waals surface area contributed by atoms with E-state index in [0.717, 1.165) is 24.2 Å². The minimum Gasteiger partial charge on any atom is -0.245 e. The molecule has 0 amide bonds. The number of nitrogens with one attached hydrogen (secondary N) is 1. The zero-order valence-electron chi connectivity index (χ0n) is 9.25. The summed E-state index contributed by atoms with van der Waals surface area (Å²) in [7, 11) is 0. The number of nitrogens with zero attached hydrogens (tertiary/aromatic N) is 3. The molecule has 15 heavy (non-hydrogen) atoms. The lowest BCUT2D eigenvalue weighted by molar-refractivity contribution is 0.886. The summed E-state index contributed by atoms with van der Waals surface area (Å²) in [4.78, 5) is 8.53. The molecule has 0 bridgehead atoms. The van der Waals surface area contributed by atoms with Gasteiger partial charge < -0.3 is 0 Å². The fourth-order valence-corrected chi connectivity index (χ4v) is 1.80. The molecule has 4 heteroatoms. The topological polar surface area (TPSA) is 50.2 Å². The predicted octanol–water partition coefficient (Wildman–Crippen LogP) is 2.44. The van der Waals surface area contributed by atoms with E-state index in [1.165, 1.54) is 18.6 Å². The maximum absolute atomic E-state index is 4.32. The van der Waals surface area contributed by atoms with Gasteiger partial charge in [0.2, 0.25) is 5.95 Å². The first-order chi connectivity index (χ1) is 7.24. The van der Waals surface area contributed by atoms with Crippen molar-refractivity contribution >= 4 is 11.7 Å². The molecule has 0 unspecified atom stereocenters. The Morgan fingerprint density at radius 1 is 1.13 bits per heavy atom. The Balaban J connectivity index is 2.07. The first-order valence-corrected chi connectivity index (χ1v) is 5.38. The van der Waals surface area contributed by atoms with Gasteiger partial charge in [0.25, 0.3) is 0 Å². The molecule has 0 atom stereocenters. The van der Waals surface area contributed by atoms with Gasteiger partial charge in [-0.2, -0.15) is 5.10 Å². The van der Waals surface area contributed by atoms with E-state index in [0.29, 0.717) is 5.95 Å². The van der Waals surface area contributed by atoms with E-state index >= 15 is 0 Å². The number of hydrogen-bond donors (Lipinski definition) is 1. The van der Waals surface area contributed by atoms with Crippen molar-refractivity contribution in [2.24, 2.45) is 5.10 Å². The van der Waals surface area contributed by atoms with E-state index in [9.17, 15) is 0 Å². The molecule has 1 fully saturated rings. The van der Waals surface area contributed by atoms with Crippen molar-refractivity contribution in [3.8, 4) is 0 Å². The third kappa shape index (κ3) is 2.75. The fourth-order valence-electron chi connectivity index (χ4n) is 1.80. The highest BCUT2D eigenvalue weighted by molar-refractivity contribution is 5.86. The lowest BCUT2D eigenvalue weighted by atomic mass is 10.3. The van der Waals surface area contributed by atoms with Crippen LogP contribution in [0.1, 0.15) is 37.1 Å². The Morgan fingerprint density at radius 2 is 1.73 bits per heavy atom. The summed E-state index contributed by atoms with van der Waals surface area (Å²) in [5.74, 6) is 0.604. The smallest absolute Gasteiger partial charge is 0.243 e. The molecule has 80 valence electrons. The molecule has 0 radical (unpaired) electrons. The highest BCUT2D eigenvalue weighted by Gasteiger charge is 2.08. The lowest BCUT2D eigenvalue weighted by Gasteiger charge is -2.02. The van der Waals surface area contributed by atoms with Gasteiger partial charge >= 0.3 is 0 Å². The van der Waals surface area contributed by atoms with E-state index in [1.807, 2.05) is 19.9 Å². The van der Waals surface area contributed by atoms with E-state index in [2.05, 4.69) is 20.5 Å². The van der Waals surface area contributed by atoms with E-state index in [-0.39, 0.29) is 0 Å². The Labute approximate surface area is 89.8 Å². The Morgan fingerprint density at radius 3 is 2.33 bits per heavy atom. The number of hydrazone groups is 1. The minimum atomic E-state index is 0.604.